The number of ether oxygens (including phenoxy) is 1. The molecule has 0 unspecified atom stereocenters. The highest BCUT2D eigenvalue weighted by Gasteiger charge is 2.06. The van der Waals surface area contributed by atoms with Crippen LogP contribution in [0.2, 0.25) is 0 Å². The molecule has 0 amide bonds. The minimum absolute atomic E-state index is 0.341. The van der Waals surface area contributed by atoms with E-state index in [9.17, 15) is 4.79 Å². The Bertz CT molecular complexity index is 531. The third kappa shape index (κ3) is 3.07. The fourth-order valence-electron chi connectivity index (χ4n) is 1.44. The highest BCUT2D eigenvalue weighted by Crippen LogP contribution is 2.18. The van der Waals surface area contributed by atoms with Crippen LogP contribution < -0.4 is 4.74 Å². The monoisotopic (exact) mass is 248 g/mol. The minimum Gasteiger partial charge on any atom is -0.489 e. The molecule has 88 valence electrons. The van der Waals surface area contributed by atoms with Gasteiger partial charge in [0.2, 0.25) is 0 Å². The van der Waals surface area contributed by atoms with E-state index in [1.54, 1.807) is 11.4 Å². The van der Waals surface area contributed by atoms with Crippen molar-refractivity contribution in [3.63, 3.8) is 0 Å². The first-order chi connectivity index (χ1) is 8.15. The molecule has 17 heavy (non-hydrogen) atoms. The van der Waals surface area contributed by atoms with Gasteiger partial charge in [-0.05, 0) is 36.1 Å². The summed E-state index contributed by atoms with van der Waals surface area (Å²) in [5.41, 5.74) is 2.02. The van der Waals surface area contributed by atoms with Crippen molar-refractivity contribution in [2.45, 2.75) is 13.5 Å². The van der Waals surface area contributed by atoms with Crippen molar-refractivity contribution in [2.75, 3.05) is 0 Å². The molecule has 0 atom stereocenters. The number of thiophene rings is 1. The van der Waals surface area contributed by atoms with E-state index in [0.29, 0.717) is 11.5 Å². The van der Waals surface area contributed by atoms with Gasteiger partial charge in [-0.15, -0.1) is 11.3 Å². The van der Waals surface area contributed by atoms with Gasteiger partial charge in [0.05, 0.1) is 0 Å². The summed E-state index contributed by atoms with van der Waals surface area (Å²) in [5, 5.41) is 10.6. The third-order valence-electron chi connectivity index (χ3n) is 2.26. The highest BCUT2D eigenvalue weighted by molar-refractivity contribution is 7.12. The number of carboxylic acid groups (broad SMARTS) is 1. The number of hydrogen-bond donors (Lipinski definition) is 1. The molecule has 0 aliphatic heterocycles. The quantitative estimate of drug-likeness (QED) is 0.902. The summed E-state index contributed by atoms with van der Waals surface area (Å²) in [6, 6.07) is 9.41. The molecular formula is C13H12O3S. The van der Waals surface area contributed by atoms with Crippen LogP contribution in [0.3, 0.4) is 0 Å². The summed E-state index contributed by atoms with van der Waals surface area (Å²) < 4.78 is 5.58. The average molecular weight is 248 g/mol. The zero-order valence-corrected chi connectivity index (χ0v) is 10.2. The van der Waals surface area contributed by atoms with Crippen LogP contribution in [0, 0.1) is 6.92 Å². The molecule has 1 N–H and O–H groups in total. The maximum absolute atomic E-state index is 10.7. The van der Waals surface area contributed by atoms with Crippen LogP contribution in [0.1, 0.15) is 20.8 Å². The molecule has 1 aromatic carbocycles. The van der Waals surface area contributed by atoms with E-state index in [1.807, 2.05) is 31.2 Å². The van der Waals surface area contributed by atoms with Crippen molar-refractivity contribution in [1.82, 2.24) is 0 Å². The van der Waals surface area contributed by atoms with Crippen LogP contribution >= 0.6 is 11.3 Å². The van der Waals surface area contributed by atoms with Crippen molar-refractivity contribution >= 4 is 17.3 Å². The molecule has 2 rings (SSSR count). The Morgan fingerprint density at radius 1 is 1.41 bits per heavy atom. The second-order valence-electron chi connectivity index (χ2n) is 3.73. The lowest BCUT2D eigenvalue weighted by Gasteiger charge is -2.04. The topological polar surface area (TPSA) is 46.5 Å². The summed E-state index contributed by atoms with van der Waals surface area (Å²) in [7, 11) is 0. The predicted octanol–water partition coefficient (Wildman–Crippen LogP) is 3.33. The second-order valence-corrected chi connectivity index (χ2v) is 4.64. The van der Waals surface area contributed by atoms with E-state index in [-0.39, 0.29) is 0 Å². The van der Waals surface area contributed by atoms with E-state index in [2.05, 4.69) is 0 Å². The number of carbonyl (C=O) groups is 1. The number of aryl methyl sites for hydroxylation is 1. The molecule has 4 heteroatoms. The van der Waals surface area contributed by atoms with Crippen molar-refractivity contribution in [2.24, 2.45) is 0 Å². The lowest BCUT2D eigenvalue weighted by atomic mass is 10.2. The first-order valence-corrected chi connectivity index (χ1v) is 6.03. The second kappa shape index (κ2) is 5.01. The molecule has 0 radical (unpaired) electrons. The van der Waals surface area contributed by atoms with Gasteiger partial charge in [0.25, 0.3) is 0 Å². The Morgan fingerprint density at radius 2 is 2.24 bits per heavy atom. The summed E-state index contributed by atoms with van der Waals surface area (Å²) in [6.45, 7) is 2.40. The van der Waals surface area contributed by atoms with Gasteiger partial charge < -0.3 is 9.84 Å². The fraction of sp³-hybridized carbons (Fsp3) is 0.154. The Hall–Kier alpha value is -1.81. The van der Waals surface area contributed by atoms with E-state index in [4.69, 9.17) is 9.84 Å². The SMILES string of the molecule is Cc1cccc(OCc2csc(C(=O)O)c2)c1. The van der Waals surface area contributed by atoms with E-state index in [1.165, 1.54) is 11.3 Å². The average Bonchev–Trinajstić information content (AvgIpc) is 2.75. The molecule has 0 saturated heterocycles. The Morgan fingerprint density at radius 3 is 2.88 bits per heavy atom. The van der Waals surface area contributed by atoms with Gasteiger partial charge in [-0.1, -0.05) is 12.1 Å². The van der Waals surface area contributed by atoms with Gasteiger partial charge in [-0.2, -0.15) is 0 Å². The minimum atomic E-state index is -0.892. The highest BCUT2D eigenvalue weighted by atomic mass is 32.1. The third-order valence-corrected chi connectivity index (χ3v) is 3.23. The summed E-state index contributed by atoms with van der Waals surface area (Å²) in [4.78, 5) is 11.0. The Labute approximate surface area is 103 Å². The van der Waals surface area contributed by atoms with Crippen molar-refractivity contribution in [1.29, 1.82) is 0 Å². The first kappa shape index (κ1) is 11.7. The summed E-state index contributed by atoms with van der Waals surface area (Å²) in [6.07, 6.45) is 0. The van der Waals surface area contributed by atoms with Crippen LogP contribution in [0.25, 0.3) is 0 Å². The molecule has 0 aliphatic rings. The lowest BCUT2D eigenvalue weighted by Crippen LogP contribution is -1.95. The maximum atomic E-state index is 10.7. The van der Waals surface area contributed by atoms with Crippen LogP contribution in [-0.2, 0) is 6.61 Å². The molecule has 0 bridgehead atoms. The molecule has 1 heterocycles. The predicted molar refractivity (Wildman–Crippen MR) is 66.8 cm³/mol. The van der Waals surface area contributed by atoms with Gasteiger partial charge >= 0.3 is 5.97 Å². The fourth-order valence-corrected chi connectivity index (χ4v) is 2.17. The normalized spacial score (nSPS) is 10.2. The van der Waals surface area contributed by atoms with Gasteiger partial charge in [0, 0.05) is 5.56 Å². The number of carboxylic acids is 1. The van der Waals surface area contributed by atoms with Crippen molar-refractivity contribution in [3.05, 3.63) is 51.7 Å². The van der Waals surface area contributed by atoms with Crippen LogP contribution in [0.5, 0.6) is 5.75 Å². The molecule has 3 nitrogen and oxygen atoms in total. The van der Waals surface area contributed by atoms with Gasteiger partial charge in [0.15, 0.2) is 0 Å². The number of rotatable bonds is 4. The molecule has 0 saturated carbocycles. The molecule has 2 aromatic rings. The molecule has 0 fully saturated rings. The summed E-state index contributed by atoms with van der Waals surface area (Å²) >= 11 is 1.22. The standard InChI is InChI=1S/C13H12O3S/c1-9-3-2-4-11(5-9)16-7-10-6-12(13(14)15)17-8-10/h2-6,8H,7H2,1H3,(H,14,15). The zero-order chi connectivity index (χ0) is 12.3. The van der Waals surface area contributed by atoms with Crippen LogP contribution in [0.15, 0.2) is 35.7 Å². The lowest BCUT2D eigenvalue weighted by molar-refractivity contribution is 0.0702. The molecule has 0 aliphatic carbocycles. The number of aromatic carboxylic acids is 1. The van der Waals surface area contributed by atoms with E-state index in [0.717, 1.165) is 16.9 Å². The van der Waals surface area contributed by atoms with Crippen molar-refractivity contribution < 1.29 is 14.6 Å². The van der Waals surface area contributed by atoms with Gasteiger partial charge in [-0.25, -0.2) is 4.79 Å². The zero-order valence-electron chi connectivity index (χ0n) is 9.34. The van der Waals surface area contributed by atoms with E-state index < -0.39 is 5.97 Å². The Kier molecular flexibility index (Phi) is 3.44. The van der Waals surface area contributed by atoms with Crippen LogP contribution in [0.4, 0.5) is 0 Å². The maximum Gasteiger partial charge on any atom is 0.345 e. The number of benzene rings is 1. The summed E-state index contributed by atoms with van der Waals surface area (Å²) in [5.74, 6) is -0.0927. The number of hydrogen-bond acceptors (Lipinski definition) is 3. The smallest absolute Gasteiger partial charge is 0.345 e. The van der Waals surface area contributed by atoms with Gasteiger partial charge in [0.1, 0.15) is 17.2 Å². The molecule has 1 aromatic heterocycles. The van der Waals surface area contributed by atoms with E-state index >= 15 is 0 Å². The van der Waals surface area contributed by atoms with Crippen molar-refractivity contribution in [3.8, 4) is 5.75 Å². The van der Waals surface area contributed by atoms with Crippen LogP contribution in [-0.4, -0.2) is 11.1 Å². The molecular weight excluding hydrogens is 236 g/mol. The Balaban J connectivity index is 2.00. The van der Waals surface area contributed by atoms with Gasteiger partial charge in [-0.3, -0.25) is 0 Å². The first-order valence-electron chi connectivity index (χ1n) is 5.15. The largest absolute Gasteiger partial charge is 0.489 e. The molecule has 0 spiro atoms.